The first-order valence-electron chi connectivity index (χ1n) is 10.6. The number of nitrogens with one attached hydrogen (secondary N) is 1. The maximum atomic E-state index is 11.7. The Morgan fingerprint density at radius 2 is 1.93 bits per heavy atom. The summed E-state index contributed by atoms with van der Waals surface area (Å²) >= 11 is 0. The minimum Gasteiger partial charge on any atom is -0.494 e. The molecule has 1 aromatic carbocycles. The van der Waals surface area contributed by atoms with Crippen LogP contribution in [-0.4, -0.2) is 45.3 Å². The van der Waals surface area contributed by atoms with E-state index < -0.39 is 0 Å². The molecule has 7 nitrogen and oxygen atoms in total. The molecule has 2 aromatic rings. The number of amides is 1. The molecule has 0 radical (unpaired) electrons. The van der Waals surface area contributed by atoms with Crippen LogP contribution in [0.2, 0.25) is 0 Å². The molecule has 0 unspecified atom stereocenters. The van der Waals surface area contributed by atoms with Crippen LogP contribution in [0.4, 0.5) is 0 Å². The normalized spacial score (nSPS) is 15.6. The maximum absolute atomic E-state index is 11.7. The molecular formula is C22H33N5O2. The van der Waals surface area contributed by atoms with Crippen molar-refractivity contribution in [3.05, 3.63) is 41.5 Å². The minimum absolute atomic E-state index is 0.0289. The summed E-state index contributed by atoms with van der Waals surface area (Å²) in [4.78, 5) is 14.1. The Morgan fingerprint density at radius 3 is 2.59 bits per heavy atom. The van der Waals surface area contributed by atoms with Gasteiger partial charge in [0.1, 0.15) is 11.6 Å². The highest BCUT2D eigenvalue weighted by molar-refractivity contribution is 5.73. The lowest BCUT2D eigenvalue weighted by Crippen LogP contribution is -2.31. The van der Waals surface area contributed by atoms with E-state index in [1.165, 1.54) is 5.56 Å². The summed E-state index contributed by atoms with van der Waals surface area (Å²) in [5.41, 5.74) is 1.28. The quantitative estimate of drug-likeness (QED) is 0.739. The van der Waals surface area contributed by atoms with Crippen molar-refractivity contribution in [2.24, 2.45) is 5.92 Å². The summed E-state index contributed by atoms with van der Waals surface area (Å²) in [6.07, 6.45) is 1.71. The van der Waals surface area contributed by atoms with Gasteiger partial charge in [0.2, 0.25) is 5.91 Å². The molecule has 1 aromatic heterocycles. The predicted molar refractivity (Wildman–Crippen MR) is 113 cm³/mol. The Kier molecular flexibility index (Phi) is 7.25. The number of hydrogen-bond acceptors (Lipinski definition) is 5. The molecule has 158 valence electrons. The zero-order valence-electron chi connectivity index (χ0n) is 18.0. The molecule has 0 saturated heterocycles. The van der Waals surface area contributed by atoms with Gasteiger partial charge in [-0.3, -0.25) is 9.69 Å². The fourth-order valence-electron chi connectivity index (χ4n) is 3.87. The van der Waals surface area contributed by atoms with E-state index >= 15 is 0 Å². The third-order valence-corrected chi connectivity index (χ3v) is 5.18. The maximum Gasteiger partial charge on any atom is 0.217 e. The highest BCUT2D eigenvalue weighted by Crippen LogP contribution is 2.23. The number of aromatic nitrogens is 3. The summed E-state index contributed by atoms with van der Waals surface area (Å²) in [5, 5.41) is 12.0. The molecule has 1 atom stereocenters. The van der Waals surface area contributed by atoms with Gasteiger partial charge < -0.3 is 14.6 Å². The number of benzene rings is 1. The zero-order chi connectivity index (χ0) is 20.8. The van der Waals surface area contributed by atoms with Gasteiger partial charge in [0.25, 0.3) is 0 Å². The summed E-state index contributed by atoms with van der Waals surface area (Å²) in [6.45, 7) is 12.2. The number of hydrogen-bond donors (Lipinski definition) is 1. The van der Waals surface area contributed by atoms with E-state index in [4.69, 9.17) is 4.74 Å². The number of ether oxygens (including phenoxy) is 1. The van der Waals surface area contributed by atoms with Crippen molar-refractivity contribution in [3.8, 4) is 5.75 Å². The van der Waals surface area contributed by atoms with Gasteiger partial charge in [-0.05, 0) is 37.0 Å². The first kappa shape index (κ1) is 21.3. The summed E-state index contributed by atoms with van der Waals surface area (Å²) in [7, 11) is 0. The lowest BCUT2D eigenvalue weighted by molar-refractivity contribution is -0.119. The van der Waals surface area contributed by atoms with E-state index in [-0.39, 0.29) is 11.9 Å². The number of carbonyl (C=O) groups excluding carboxylic acids is 1. The number of fused-ring (bicyclic) bond motifs is 1. The molecule has 0 bridgehead atoms. The highest BCUT2D eigenvalue weighted by Gasteiger charge is 2.25. The molecule has 0 aliphatic carbocycles. The van der Waals surface area contributed by atoms with Crippen LogP contribution in [-0.2, 0) is 24.3 Å². The molecule has 7 heteroatoms. The Labute approximate surface area is 173 Å². The first-order chi connectivity index (χ1) is 14.0. The van der Waals surface area contributed by atoms with E-state index in [1.807, 2.05) is 19.1 Å². The van der Waals surface area contributed by atoms with Crippen LogP contribution in [0, 0.1) is 5.92 Å². The van der Waals surface area contributed by atoms with Crippen LogP contribution in [0.15, 0.2) is 24.3 Å². The summed E-state index contributed by atoms with van der Waals surface area (Å²) < 4.78 is 7.74. The Bertz CT molecular complexity index is 800. The van der Waals surface area contributed by atoms with Gasteiger partial charge in [-0.15, -0.1) is 10.2 Å². The Morgan fingerprint density at radius 1 is 1.17 bits per heavy atom. The lowest BCUT2D eigenvalue weighted by Gasteiger charge is -2.22. The SMILES string of the molecule is CCOc1ccc(CN2CCc3nnc([C@@H](CC(C)C)NC(C)=O)n3CC2)cc1. The van der Waals surface area contributed by atoms with E-state index in [0.29, 0.717) is 12.5 Å². The Balaban J connectivity index is 1.67. The van der Waals surface area contributed by atoms with Gasteiger partial charge in [-0.25, -0.2) is 0 Å². The topological polar surface area (TPSA) is 72.3 Å². The van der Waals surface area contributed by atoms with Crippen molar-refractivity contribution >= 4 is 5.91 Å². The fourth-order valence-corrected chi connectivity index (χ4v) is 3.87. The van der Waals surface area contributed by atoms with Crippen molar-refractivity contribution in [2.75, 3.05) is 19.7 Å². The molecule has 2 heterocycles. The van der Waals surface area contributed by atoms with Crippen LogP contribution in [0.1, 0.15) is 57.4 Å². The standard InChI is InChI=1S/C22H33N5O2/c1-5-29-19-8-6-18(7-9-19)15-26-11-10-21-24-25-22(27(21)13-12-26)20(14-16(2)3)23-17(4)28/h6-9,16,20H,5,10-15H2,1-4H3,(H,23,28)/t20-/m1/s1. The molecule has 1 aliphatic heterocycles. The predicted octanol–water partition coefficient (Wildman–Crippen LogP) is 2.96. The van der Waals surface area contributed by atoms with Crippen molar-refractivity contribution in [1.29, 1.82) is 0 Å². The highest BCUT2D eigenvalue weighted by atomic mass is 16.5. The minimum atomic E-state index is -0.0913. The third-order valence-electron chi connectivity index (χ3n) is 5.18. The average Bonchev–Trinajstić information content (AvgIpc) is 2.97. The van der Waals surface area contributed by atoms with Gasteiger partial charge in [0.05, 0.1) is 12.6 Å². The number of carbonyl (C=O) groups is 1. The smallest absolute Gasteiger partial charge is 0.217 e. The van der Waals surface area contributed by atoms with Crippen molar-refractivity contribution in [3.63, 3.8) is 0 Å². The monoisotopic (exact) mass is 399 g/mol. The molecule has 1 aliphatic rings. The van der Waals surface area contributed by atoms with Gasteiger partial charge in [0.15, 0.2) is 5.82 Å². The number of rotatable bonds is 8. The summed E-state index contributed by atoms with van der Waals surface area (Å²) in [6, 6.07) is 8.25. The van der Waals surface area contributed by atoms with Gasteiger partial charge in [-0.1, -0.05) is 26.0 Å². The molecule has 1 N–H and O–H groups in total. The zero-order valence-corrected chi connectivity index (χ0v) is 18.0. The van der Waals surface area contributed by atoms with Crippen molar-refractivity contribution in [1.82, 2.24) is 25.0 Å². The second-order valence-electron chi connectivity index (χ2n) is 8.11. The second kappa shape index (κ2) is 9.87. The van der Waals surface area contributed by atoms with Gasteiger partial charge in [-0.2, -0.15) is 0 Å². The van der Waals surface area contributed by atoms with Crippen LogP contribution < -0.4 is 10.1 Å². The average molecular weight is 400 g/mol. The molecule has 0 saturated carbocycles. The Hall–Kier alpha value is -2.41. The second-order valence-corrected chi connectivity index (χ2v) is 8.11. The molecule has 0 spiro atoms. The number of nitrogens with zero attached hydrogens (tertiary/aromatic N) is 4. The molecule has 29 heavy (non-hydrogen) atoms. The van der Waals surface area contributed by atoms with Crippen molar-refractivity contribution in [2.45, 2.75) is 59.7 Å². The third kappa shape index (κ3) is 5.79. The van der Waals surface area contributed by atoms with Gasteiger partial charge >= 0.3 is 0 Å². The molecular weight excluding hydrogens is 366 g/mol. The van der Waals surface area contributed by atoms with E-state index in [9.17, 15) is 4.79 Å². The van der Waals surface area contributed by atoms with Crippen LogP contribution >= 0.6 is 0 Å². The lowest BCUT2D eigenvalue weighted by atomic mass is 10.0. The first-order valence-corrected chi connectivity index (χ1v) is 10.6. The van der Waals surface area contributed by atoms with Crippen molar-refractivity contribution < 1.29 is 9.53 Å². The van der Waals surface area contributed by atoms with E-state index in [0.717, 1.165) is 56.4 Å². The molecule has 1 amide bonds. The molecule has 3 rings (SSSR count). The van der Waals surface area contributed by atoms with Gasteiger partial charge in [0, 0.05) is 39.5 Å². The fraction of sp³-hybridized carbons (Fsp3) is 0.591. The van der Waals surface area contributed by atoms with Crippen LogP contribution in [0.25, 0.3) is 0 Å². The largest absolute Gasteiger partial charge is 0.494 e. The molecule has 0 fully saturated rings. The summed E-state index contributed by atoms with van der Waals surface area (Å²) in [5.74, 6) is 3.23. The van der Waals surface area contributed by atoms with Crippen LogP contribution in [0.3, 0.4) is 0 Å². The van der Waals surface area contributed by atoms with Crippen LogP contribution in [0.5, 0.6) is 5.75 Å². The van der Waals surface area contributed by atoms with E-state index in [2.05, 4.69) is 51.0 Å². The van der Waals surface area contributed by atoms with E-state index in [1.54, 1.807) is 6.92 Å².